The monoisotopic (exact) mass is 308 g/mol. The fourth-order valence-electron chi connectivity index (χ4n) is 1.90. The molecule has 2 rings (SSSR count). The van der Waals surface area contributed by atoms with Gasteiger partial charge in [0.25, 0.3) is 5.95 Å². The van der Waals surface area contributed by atoms with Crippen LogP contribution in [0.2, 0.25) is 0 Å². The first-order chi connectivity index (χ1) is 10.2. The molecule has 0 amide bonds. The number of thioether (sulfide) groups is 1. The van der Waals surface area contributed by atoms with Crippen molar-refractivity contribution in [2.24, 2.45) is 0 Å². The Balaban J connectivity index is 2.36. The van der Waals surface area contributed by atoms with E-state index < -0.39 is 0 Å². The number of aromatic nitrogens is 6. The van der Waals surface area contributed by atoms with Crippen molar-refractivity contribution in [1.29, 1.82) is 0 Å². The number of anilines is 2. The lowest BCUT2D eigenvalue weighted by Gasteiger charge is -2.27. The van der Waals surface area contributed by atoms with Crippen molar-refractivity contribution in [2.75, 3.05) is 36.3 Å². The average molecular weight is 308 g/mol. The highest BCUT2D eigenvalue weighted by Gasteiger charge is 2.18. The van der Waals surface area contributed by atoms with Crippen LogP contribution >= 0.6 is 11.8 Å². The van der Waals surface area contributed by atoms with E-state index in [2.05, 4.69) is 48.4 Å². The van der Waals surface area contributed by atoms with E-state index in [9.17, 15) is 0 Å². The van der Waals surface area contributed by atoms with E-state index in [0.29, 0.717) is 23.9 Å². The zero-order valence-electron chi connectivity index (χ0n) is 12.7. The molecule has 0 aliphatic rings. The first kappa shape index (κ1) is 15.5. The quantitative estimate of drug-likeness (QED) is 0.813. The SMILES string of the molecule is CCC(CSC)N(C)c1nc(NC)nc(-n2cncn2)n1. The van der Waals surface area contributed by atoms with Gasteiger partial charge >= 0.3 is 0 Å². The Hall–Kier alpha value is -1.90. The molecule has 1 unspecified atom stereocenters. The minimum Gasteiger partial charge on any atom is -0.357 e. The number of nitrogens with zero attached hydrogens (tertiary/aromatic N) is 7. The highest BCUT2D eigenvalue weighted by atomic mass is 32.2. The Bertz CT molecular complexity index is 558. The summed E-state index contributed by atoms with van der Waals surface area (Å²) in [6.07, 6.45) is 6.15. The summed E-state index contributed by atoms with van der Waals surface area (Å²) >= 11 is 1.81. The Morgan fingerprint density at radius 1 is 1.38 bits per heavy atom. The van der Waals surface area contributed by atoms with Crippen molar-refractivity contribution in [3.8, 4) is 5.95 Å². The summed E-state index contributed by atoms with van der Waals surface area (Å²) in [5.74, 6) is 2.61. The standard InChI is InChI=1S/C12H20N8S/c1-5-9(6-21-4)19(3)11-16-10(13-2)17-12(18-11)20-8-14-7-15-20/h7-9H,5-6H2,1-4H3,(H,13,16,17,18). The van der Waals surface area contributed by atoms with Gasteiger partial charge in [-0.05, 0) is 12.7 Å². The van der Waals surface area contributed by atoms with Crippen LogP contribution in [0.3, 0.4) is 0 Å². The maximum atomic E-state index is 4.49. The van der Waals surface area contributed by atoms with E-state index in [1.165, 1.54) is 11.0 Å². The second kappa shape index (κ2) is 7.21. The van der Waals surface area contributed by atoms with E-state index in [-0.39, 0.29) is 0 Å². The summed E-state index contributed by atoms with van der Waals surface area (Å²) in [6, 6.07) is 0.371. The topological polar surface area (TPSA) is 84.7 Å². The van der Waals surface area contributed by atoms with E-state index >= 15 is 0 Å². The normalized spacial score (nSPS) is 12.2. The summed E-state index contributed by atoms with van der Waals surface area (Å²) in [5, 5.41) is 7.02. The third-order valence-corrected chi connectivity index (χ3v) is 3.87. The molecular weight excluding hydrogens is 288 g/mol. The third kappa shape index (κ3) is 3.60. The summed E-state index contributed by atoms with van der Waals surface area (Å²) in [7, 11) is 3.79. The van der Waals surface area contributed by atoms with Gasteiger partial charge in [0.15, 0.2) is 0 Å². The largest absolute Gasteiger partial charge is 0.357 e. The molecule has 0 aliphatic heterocycles. The van der Waals surface area contributed by atoms with E-state index in [1.807, 2.05) is 18.8 Å². The van der Waals surface area contributed by atoms with Gasteiger partial charge in [-0.15, -0.1) is 0 Å². The molecule has 1 N–H and O–H groups in total. The van der Waals surface area contributed by atoms with Crippen LogP contribution in [0.4, 0.5) is 11.9 Å². The molecule has 2 aromatic heterocycles. The lowest BCUT2D eigenvalue weighted by Crippen LogP contribution is -2.35. The van der Waals surface area contributed by atoms with Crippen LogP contribution in [0.15, 0.2) is 12.7 Å². The molecule has 0 saturated carbocycles. The van der Waals surface area contributed by atoms with Crippen molar-refractivity contribution in [3.63, 3.8) is 0 Å². The van der Waals surface area contributed by atoms with Crippen LogP contribution in [0, 0.1) is 0 Å². The van der Waals surface area contributed by atoms with Gasteiger partial charge in [-0.2, -0.15) is 36.5 Å². The zero-order chi connectivity index (χ0) is 15.2. The predicted molar refractivity (Wildman–Crippen MR) is 85.2 cm³/mol. The van der Waals surface area contributed by atoms with Gasteiger partial charge in [-0.1, -0.05) is 6.92 Å². The average Bonchev–Trinajstić information content (AvgIpc) is 3.05. The molecule has 0 bridgehead atoms. The van der Waals surface area contributed by atoms with Gasteiger partial charge in [0.05, 0.1) is 0 Å². The van der Waals surface area contributed by atoms with Crippen molar-refractivity contribution in [3.05, 3.63) is 12.7 Å². The smallest absolute Gasteiger partial charge is 0.258 e. The summed E-state index contributed by atoms with van der Waals surface area (Å²) in [6.45, 7) is 2.16. The van der Waals surface area contributed by atoms with Crippen LogP contribution in [-0.4, -0.2) is 61.9 Å². The van der Waals surface area contributed by atoms with Gasteiger partial charge in [0.2, 0.25) is 11.9 Å². The summed E-state index contributed by atoms with van der Waals surface area (Å²) in [5.41, 5.74) is 0. The van der Waals surface area contributed by atoms with Gasteiger partial charge in [0, 0.05) is 25.9 Å². The molecule has 0 radical (unpaired) electrons. The van der Waals surface area contributed by atoms with E-state index in [0.717, 1.165) is 12.2 Å². The molecule has 0 spiro atoms. The number of hydrogen-bond donors (Lipinski definition) is 1. The molecule has 21 heavy (non-hydrogen) atoms. The Kier molecular flexibility index (Phi) is 5.32. The minimum absolute atomic E-state index is 0.371. The van der Waals surface area contributed by atoms with Crippen LogP contribution in [0.5, 0.6) is 0 Å². The minimum atomic E-state index is 0.371. The van der Waals surface area contributed by atoms with E-state index in [4.69, 9.17) is 0 Å². The number of hydrogen-bond acceptors (Lipinski definition) is 8. The highest BCUT2D eigenvalue weighted by Crippen LogP contribution is 2.17. The van der Waals surface area contributed by atoms with Crippen molar-refractivity contribution in [2.45, 2.75) is 19.4 Å². The Morgan fingerprint density at radius 3 is 2.76 bits per heavy atom. The Morgan fingerprint density at radius 2 is 2.19 bits per heavy atom. The van der Waals surface area contributed by atoms with Crippen LogP contribution in [-0.2, 0) is 0 Å². The fraction of sp³-hybridized carbons (Fsp3) is 0.583. The van der Waals surface area contributed by atoms with Gasteiger partial charge < -0.3 is 10.2 Å². The molecule has 8 nitrogen and oxygen atoms in total. The zero-order valence-corrected chi connectivity index (χ0v) is 13.5. The van der Waals surface area contributed by atoms with Gasteiger partial charge in [0.1, 0.15) is 12.7 Å². The van der Waals surface area contributed by atoms with Crippen LogP contribution < -0.4 is 10.2 Å². The second-order valence-electron chi connectivity index (χ2n) is 4.48. The molecule has 0 fully saturated rings. The first-order valence-corrected chi connectivity index (χ1v) is 8.09. The number of nitrogens with one attached hydrogen (secondary N) is 1. The molecule has 1 atom stereocenters. The first-order valence-electron chi connectivity index (χ1n) is 6.70. The molecule has 9 heteroatoms. The lowest BCUT2D eigenvalue weighted by molar-refractivity contribution is 0.651. The van der Waals surface area contributed by atoms with Crippen molar-refractivity contribution >= 4 is 23.7 Å². The molecule has 2 heterocycles. The van der Waals surface area contributed by atoms with Gasteiger partial charge in [-0.25, -0.2) is 4.98 Å². The van der Waals surface area contributed by atoms with Crippen LogP contribution in [0.1, 0.15) is 13.3 Å². The second-order valence-corrected chi connectivity index (χ2v) is 5.39. The molecule has 0 aliphatic carbocycles. The fourth-order valence-corrected chi connectivity index (χ4v) is 2.74. The molecule has 0 aromatic carbocycles. The molecule has 2 aromatic rings. The molecule has 0 saturated heterocycles. The maximum absolute atomic E-state index is 4.49. The summed E-state index contributed by atoms with van der Waals surface area (Å²) < 4.78 is 1.52. The molecular formula is C12H20N8S. The van der Waals surface area contributed by atoms with Crippen molar-refractivity contribution in [1.82, 2.24) is 29.7 Å². The maximum Gasteiger partial charge on any atom is 0.258 e. The van der Waals surface area contributed by atoms with Crippen molar-refractivity contribution < 1.29 is 0 Å². The van der Waals surface area contributed by atoms with Crippen LogP contribution in [0.25, 0.3) is 5.95 Å². The Labute approximate surface area is 128 Å². The summed E-state index contributed by atoms with van der Waals surface area (Å²) in [4.78, 5) is 19.2. The predicted octanol–water partition coefficient (Wildman–Crippen LogP) is 1.07. The number of rotatable bonds is 7. The van der Waals surface area contributed by atoms with E-state index in [1.54, 1.807) is 13.4 Å². The highest BCUT2D eigenvalue weighted by molar-refractivity contribution is 7.98. The third-order valence-electron chi connectivity index (χ3n) is 3.15. The lowest BCUT2D eigenvalue weighted by atomic mass is 10.2. The molecule has 114 valence electrons. The van der Waals surface area contributed by atoms with Gasteiger partial charge in [-0.3, -0.25) is 0 Å².